The second-order valence-corrected chi connectivity index (χ2v) is 5.50. The zero-order chi connectivity index (χ0) is 12.5. The lowest BCUT2D eigenvalue weighted by atomic mass is 9.95. The van der Waals surface area contributed by atoms with Gasteiger partial charge in [0.1, 0.15) is 11.4 Å². The summed E-state index contributed by atoms with van der Waals surface area (Å²) >= 11 is 7.40. The molecule has 0 amide bonds. The number of aliphatic hydroxyl groups is 1. The van der Waals surface area contributed by atoms with Gasteiger partial charge in [0.25, 0.3) is 0 Å². The van der Waals surface area contributed by atoms with Gasteiger partial charge in [-0.15, -0.1) is 11.3 Å². The standard InChI is InChI=1S/C13H12ClFOS/c1-13(16,12-11(14)5-6-17-12)8-9-3-2-4-10(15)7-9/h2-7,16H,8H2,1H3. The average Bonchev–Trinajstić information content (AvgIpc) is 2.64. The maximum atomic E-state index is 13.1. The minimum atomic E-state index is -1.07. The van der Waals surface area contributed by atoms with Crippen LogP contribution < -0.4 is 0 Å². The zero-order valence-electron chi connectivity index (χ0n) is 9.28. The molecule has 0 fully saturated rings. The third-order valence-corrected chi connectivity index (χ3v) is 4.14. The number of benzene rings is 1. The van der Waals surface area contributed by atoms with Crippen molar-refractivity contribution in [3.63, 3.8) is 0 Å². The summed E-state index contributed by atoms with van der Waals surface area (Å²) in [5, 5.41) is 12.8. The van der Waals surface area contributed by atoms with Crippen molar-refractivity contribution >= 4 is 22.9 Å². The minimum Gasteiger partial charge on any atom is -0.384 e. The first kappa shape index (κ1) is 12.6. The van der Waals surface area contributed by atoms with Crippen LogP contribution in [0.5, 0.6) is 0 Å². The Morgan fingerprint density at radius 1 is 1.41 bits per heavy atom. The normalized spacial score (nSPS) is 14.6. The molecule has 0 aliphatic rings. The molecule has 1 heterocycles. The maximum absolute atomic E-state index is 13.1. The highest BCUT2D eigenvalue weighted by molar-refractivity contribution is 7.10. The number of halogens is 2. The molecule has 0 saturated carbocycles. The van der Waals surface area contributed by atoms with E-state index in [9.17, 15) is 9.50 Å². The number of rotatable bonds is 3. The van der Waals surface area contributed by atoms with Crippen LogP contribution in [-0.4, -0.2) is 5.11 Å². The van der Waals surface area contributed by atoms with Gasteiger partial charge in [0.2, 0.25) is 0 Å². The van der Waals surface area contributed by atoms with Crippen molar-refractivity contribution in [1.82, 2.24) is 0 Å². The number of thiophene rings is 1. The molecule has 0 aliphatic carbocycles. The summed E-state index contributed by atoms with van der Waals surface area (Å²) in [5.41, 5.74) is -0.321. The van der Waals surface area contributed by atoms with Crippen LogP contribution in [0, 0.1) is 5.82 Å². The molecule has 0 spiro atoms. The Kier molecular flexibility index (Phi) is 3.52. The Hall–Kier alpha value is -0.900. The third kappa shape index (κ3) is 2.86. The highest BCUT2D eigenvalue weighted by Crippen LogP contribution is 2.35. The topological polar surface area (TPSA) is 20.2 Å². The van der Waals surface area contributed by atoms with Crippen LogP contribution in [-0.2, 0) is 12.0 Å². The van der Waals surface area contributed by atoms with E-state index in [0.29, 0.717) is 16.3 Å². The van der Waals surface area contributed by atoms with Crippen molar-refractivity contribution in [1.29, 1.82) is 0 Å². The van der Waals surface area contributed by atoms with Gasteiger partial charge in [-0.25, -0.2) is 4.39 Å². The van der Waals surface area contributed by atoms with Crippen molar-refractivity contribution in [2.45, 2.75) is 18.9 Å². The maximum Gasteiger partial charge on any atom is 0.123 e. The van der Waals surface area contributed by atoms with E-state index in [1.165, 1.54) is 23.5 Å². The molecule has 1 N–H and O–H groups in total. The van der Waals surface area contributed by atoms with E-state index < -0.39 is 5.60 Å². The molecule has 90 valence electrons. The summed E-state index contributed by atoms with van der Waals surface area (Å²) in [6.07, 6.45) is 0.338. The van der Waals surface area contributed by atoms with E-state index in [0.717, 1.165) is 5.56 Å². The quantitative estimate of drug-likeness (QED) is 0.894. The van der Waals surface area contributed by atoms with Gasteiger partial charge in [0, 0.05) is 6.42 Å². The first-order valence-corrected chi connectivity index (χ1v) is 6.45. The van der Waals surface area contributed by atoms with Crippen LogP contribution >= 0.6 is 22.9 Å². The SMILES string of the molecule is CC(O)(Cc1cccc(F)c1)c1sccc1Cl. The highest BCUT2D eigenvalue weighted by Gasteiger charge is 2.27. The molecule has 2 aromatic rings. The Balaban J connectivity index is 2.26. The zero-order valence-corrected chi connectivity index (χ0v) is 10.9. The lowest BCUT2D eigenvalue weighted by molar-refractivity contribution is 0.0615. The second-order valence-electron chi connectivity index (χ2n) is 4.18. The molecule has 1 nitrogen and oxygen atoms in total. The summed E-state index contributed by atoms with van der Waals surface area (Å²) in [6, 6.07) is 7.99. The largest absolute Gasteiger partial charge is 0.384 e. The summed E-state index contributed by atoms with van der Waals surface area (Å²) < 4.78 is 13.1. The fourth-order valence-corrected chi connectivity index (χ4v) is 3.12. The van der Waals surface area contributed by atoms with Crippen molar-refractivity contribution in [3.05, 3.63) is 57.0 Å². The first-order chi connectivity index (χ1) is 7.99. The van der Waals surface area contributed by atoms with Crippen molar-refractivity contribution in [3.8, 4) is 0 Å². The monoisotopic (exact) mass is 270 g/mol. The highest BCUT2D eigenvalue weighted by atomic mass is 35.5. The molecule has 4 heteroatoms. The number of hydrogen-bond acceptors (Lipinski definition) is 2. The van der Waals surface area contributed by atoms with Gasteiger partial charge in [-0.2, -0.15) is 0 Å². The van der Waals surface area contributed by atoms with E-state index in [4.69, 9.17) is 11.6 Å². The molecular weight excluding hydrogens is 259 g/mol. The molecule has 1 atom stereocenters. The second kappa shape index (κ2) is 4.77. The molecule has 1 unspecified atom stereocenters. The van der Waals surface area contributed by atoms with Crippen molar-refractivity contribution in [2.75, 3.05) is 0 Å². The molecule has 0 saturated heterocycles. The predicted octanol–water partition coefficient (Wildman–Crippen LogP) is 3.99. The fourth-order valence-electron chi connectivity index (χ4n) is 1.80. The van der Waals surface area contributed by atoms with Crippen LogP contribution in [0.4, 0.5) is 4.39 Å². The van der Waals surface area contributed by atoms with E-state index in [1.54, 1.807) is 25.1 Å². The van der Waals surface area contributed by atoms with E-state index >= 15 is 0 Å². The number of hydrogen-bond donors (Lipinski definition) is 1. The Morgan fingerprint density at radius 2 is 2.18 bits per heavy atom. The van der Waals surface area contributed by atoms with Gasteiger partial charge in [-0.3, -0.25) is 0 Å². The van der Waals surface area contributed by atoms with Gasteiger partial charge >= 0.3 is 0 Å². The van der Waals surface area contributed by atoms with Gasteiger partial charge in [-0.05, 0) is 36.1 Å². The van der Waals surface area contributed by atoms with Gasteiger partial charge in [-0.1, -0.05) is 23.7 Å². The van der Waals surface area contributed by atoms with Crippen molar-refractivity contribution in [2.24, 2.45) is 0 Å². The molecule has 0 radical (unpaired) electrons. The van der Waals surface area contributed by atoms with Gasteiger partial charge in [0.15, 0.2) is 0 Å². The predicted molar refractivity (Wildman–Crippen MR) is 69.0 cm³/mol. The van der Waals surface area contributed by atoms with Crippen LogP contribution in [0.3, 0.4) is 0 Å². The molecular formula is C13H12ClFOS. The van der Waals surface area contributed by atoms with Gasteiger partial charge in [0.05, 0.1) is 9.90 Å². The van der Waals surface area contributed by atoms with Crippen LogP contribution in [0.2, 0.25) is 5.02 Å². The summed E-state index contributed by atoms with van der Waals surface area (Å²) in [7, 11) is 0. The Bertz CT molecular complexity index is 522. The first-order valence-electron chi connectivity index (χ1n) is 5.19. The molecule has 2 rings (SSSR count). The minimum absolute atomic E-state index is 0.296. The van der Waals surface area contributed by atoms with E-state index in [1.807, 2.05) is 5.38 Å². The van der Waals surface area contributed by atoms with E-state index in [2.05, 4.69) is 0 Å². The summed E-state index contributed by atoms with van der Waals surface area (Å²) in [5.74, 6) is -0.296. The lowest BCUT2D eigenvalue weighted by Crippen LogP contribution is -2.23. The third-order valence-electron chi connectivity index (χ3n) is 2.54. The van der Waals surface area contributed by atoms with Crippen LogP contribution in [0.1, 0.15) is 17.4 Å². The van der Waals surface area contributed by atoms with Crippen LogP contribution in [0.25, 0.3) is 0 Å². The Labute approximate surface area is 108 Å². The molecule has 17 heavy (non-hydrogen) atoms. The van der Waals surface area contributed by atoms with Gasteiger partial charge < -0.3 is 5.11 Å². The smallest absolute Gasteiger partial charge is 0.123 e. The fraction of sp³-hybridized carbons (Fsp3) is 0.231. The molecule has 0 aliphatic heterocycles. The Morgan fingerprint density at radius 3 is 2.76 bits per heavy atom. The summed E-state index contributed by atoms with van der Waals surface area (Å²) in [6.45, 7) is 1.69. The van der Waals surface area contributed by atoms with E-state index in [-0.39, 0.29) is 5.82 Å². The molecule has 1 aromatic heterocycles. The lowest BCUT2D eigenvalue weighted by Gasteiger charge is -2.22. The van der Waals surface area contributed by atoms with Crippen LogP contribution in [0.15, 0.2) is 35.7 Å². The van der Waals surface area contributed by atoms with Crippen molar-refractivity contribution < 1.29 is 9.50 Å². The summed E-state index contributed by atoms with van der Waals surface area (Å²) in [4.78, 5) is 0.712. The molecule has 1 aromatic carbocycles. The average molecular weight is 271 g/mol. The molecule has 0 bridgehead atoms.